The molecule has 3 aromatic rings. The minimum Gasteiger partial charge on any atom is -0.454 e. The summed E-state index contributed by atoms with van der Waals surface area (Å²) in [7, 11) is 1.57. The largest absolute Gasteiger partial charge is 0.454 e. The number of nitrogens with one attached hydrogen (secondary N) is 2. The van der Waals surface area contributed by atoms with Gasteiger partial charge in [-0.2, -0.15) is 0 Å². The van der Waals surface area contributed by atoms with Crippen LogP contribution in [0.15, 0.2) is 34.9 Å². The second-order valence-electron chi connectivity index (χ2n) is 7.10. The first-order valence-corrected chi connectivity index (χ1v) is 10.5. The van der Waals surface area contributed by atoms with Gasteiger partial charge in [-0.05, 0) is 56.2 Å². The van der Waals surface area contributed by atoms with Gasteiger partial charge in [0.1, 0.15) is 17.0 Å². The molecular weight excluding hydrogens is 402 g/mol. The van der Waals surface area contributed by atoms with E-state index in [1.165, 1.54) is 12.8 Å². The van der Waals surface area contributed by atoms with Crippen molar-refractivity contribution in [2.24, 2.45) is 0 Å². The summed E-state index contributed by atoms with van der Waals surface area (Å²) in [6, 6.07) is 7.78. The fourth-order valence-electron chi connectivity index (χ4n) is 3.53. The van der Waals surface area contributed by atoms with Crippen molar-refractivity contribution in [2.45, 2.75) is 44.9 Å². The van der Waals surface area contributed by atoms with Crippen LogP contribution in [0.4, 0.5) is 5.82 Å². The van der Waals surface area contributed by atoms with E-state index in [0.717, 1.165) is 12.8 Å². The Labute approximate surface area is 180 Å². The first-order chi connectivity index (χ1) is 14.7. The average Bonchev–Trinajstić information content (AvgIpc) is 3.43. The maximum Gasteiger partial charge on any atom is 0.216 e. The highest BCUT2D eigenvalue weighted by Crippen LogP contribution is 2.27. The van der Waals surface area contributed by atoms with E-state index in [2.05, 4.69) is 25.6 Å². The fourth-order valence-corrected chi connectivity index (χ4v) is 3.80. The highest BCUT2D eigenvalue weighted by atomic mass is 32.1. The molecule has 8 nitrogen and oxygen atoms in total. The minimum absolute atomic E-state index is 0.442. The van der Waals surface area contributed by atoms with Gasteiger partial charge in [-0.3, -0.25) is 4.98 Å². The number of ether oxygens (including phenoxy) is 2. The summed E-state index contributed by atoms with van der Waals surface area (Å²) >= 11 is 5.42. The van der Waals surface area contributed by atoms with E-state index in [1.807, 2.05) is 31.2 Å². The summed E-state index contributed by atoms with van der Waals surface area (Å²) < 4.78 is 16.7. The second kappa shape index (κ2) is 9.46. The lowest BCUT2D eigenvalue weighted by atomic mass is 10.3. The lowest BCUT2D eigenvalue weighted by Gasteiger charge is -2.15. The summed E-state index contributed by atoms with van der Waals surface area (Å²) in [6.45, 7) is 2.42. The number of aromatic nitrogens is 3. The van der Waals surface area contributed by atoms with Gasteiger partial charge in [-0.1, -0.05) is 12.8 Å². The fraction of sp³-hybridized carbons (Fsp3) is 0.429. The first-order valence-electron chi connectivity index (χ1n) is 10.1. The molecular formula is C21H25N5O3S. The molecule has 1 aliphatic rings. The van der Waals surface area contributed by atoms with Crippen molar-refractivity contribution in [3.63, 3.8) is 0 Å². The predicted molar refractivity (Wildman–Crippen MR) is 118 cm³/mol. The molecule has 9 heteroatoms. The molecule has 0 aromatic carbocycles. The van der Waals surface area contributed by atoms with Crippen LogP contribution < -0.4 is 10.6 Å². The summed E-state index contributed by atoms with van der Waals surface area (Å²) in [5, 5.41) is 7.07. The molecule has 30 heavy (non-hydrogen) atoms. The molecule has 4 rings (SSSR count). The Morgan fingerprint density at radius 3 is 2.83 bits per heavy atom. The van der Waals surface area contributed by atoms with E-state index in [0.29, 0.717) is 52.0 Å². The van der Waals surface area contributed by atoms with Gasteiger partial charge in [0.25, 0.3) is 0 Å². The van der Waals surface area contributed by atoms with Crippen LogP contribution in [-0.2, 0) is 9.47 Å². The van der Waals surface area contributed by atoms with Crippen molar-refractivity contribution in [2.75, 3.05) is 19.0 Å². The monoisotopic (exact) mass is 427 g/mol. The molecule has 0 amide bonds. The topological polar surface area (TPSA) is 94.3 Å². The van der Waals surface area contributed by atoms with Crippen molar-refractivity contribution >= 4 is 34.3 Å². The highest BCUT2D eigenvalue weighted by Gasteiger charge is 2.18. The third-order valence-electron chi connectivity index (χ3n) is 4.98. The van der Waals surface area contributed by atoms with Gasteiger partial charge in [-0.15, -0.1) is 0 Å². The number of fused-ring (bicyclic) bond motifs is 1. The Hall–Kier alpha value is -2.62. The number of hydrogen-bond acceptors (Lipinski definition) is 7. The Morgan fingerprint density at radius 2 is 2.07 bits per heavy atom. The summed E-state index contributed by atoms with van der Waals surface area (Å²) in [6.07, 6.45) is 5.91. The van der Waals surface area contributed by atoms with Gasteiger partial charge >= 0.3 is 0 Å². The molecule has 1 aliphatic carbocycles. The zero-order chi connectivity index (χ0) is 20.9. The smallest absolute Gasteiger partial charge is 0.216 e. The molecule has 0 spiro atoms. The molecule has 0 saturated heterocycles. The number of rotatable bonds is 7. The number of furan rings is 1. The number of methoxy groups -OCH3 is 1. The van der Waals surface area contributed by atoms with Crippen molar-refractivity contribution in [1.29, 1.82) is 0 Å². The zero-order valence-corrected chi connectivity index (χ0v) is 17.9. The lowest BCUT2D eigenvalue weighted by Crippen LogP contribution is -2.36. The van der Waals surface area contributed by atoms with Crippen LogP contribution in [0.25, 0.3) is 22.6 Å². The molecule has 3 aromatic heterocycles. The maximum atomic E-state index is 5.87. The van der Waals surface area contributed by atoms with E-state index < -0.39 is 6.29 Å². The number of anilines is 1. The SMILES string of the molecule is CCOC(OC)c1ccc(-c2cnc3ccc(NC(=S)NC4CCCC4)nc3n2)o1. The van der Waals surface area contributed by atoms with Crippen LogP contribution in [0.5, 0.6) is 0 Å². The number of hydrogen-bond donors (Lipinski definition) is 2. The van der Waals surface area contributed by atoms with Crippen molar-refractivity contribution in [3.05, 3.63) is 36.2 Å². The Bertz CT molecular complexity index is 1020. The molecule has 2 N–H and O–H groups in total. The number of pyridine rings is 1. The van der Waals surface area contributed by atoms with Gasteiger partial charge in [0, 0.05) is 19.8 Å². The van der Waals surface area contributed by atoms with Crippen molar-refractivity contribution < 1.29 is 13.9 Å². The van der Waals surface area contributed by atoms with Gasteiger partial charge in [0.15, 0.2) is 22.3 Å². The third-order valence-corrected chi connectivity index (χ3v) is 5.20. The second-order valence-corrected chi connectivity index (χ2v) is 7.51. The third kappa shape index (κ3) is 4.75. The summed E-state index contributed by atoms with van der Waals surface area (Å²) in [5.74, 6) is 1.77. The maximum absolute atomic E-state index is 5.87. The van der Waals surface area contributed by atoms with Gasteiger partial charge < -0.3 is 24.5 Å². The van der Waals surface area contributed by atoms with Crippen LogP contribution in [0, 0.1) is 0 Å². The zero-order valence-electron chi connectivity index (χ0n) is 17.1. The van der Waals surface area contributed by atoms with Crippen molar-refractivity contribution in [3.8, 4) is 11.5 Å². The highest BCUT2D eigenvalue weighted by molar-refractivity contribution is 7.80. The van der Waals surface area contributed by atoms with Crippen LogP contribution >= 0.6 is 12.2 Å². The van der Waals surface area contributed by atoms with Crippen LogP contribution in [0.1, 0.15) is 44.7 Å². The molecule has 1 atom stereocenters. The van der Waals surface area contributed by atoms with Gasteiger partial charge in [-0.25, -0.2) is 9.97 Å². The standard InChI is InChI=1S/C21H25N5O3S/c1-3-28-20(27-2)17-10-9-16(29-17)15-12-22-14-8-11-18(25-19(14)24-15)26-21(30)23-13-6-4-5-7-13/h8-13,20H,3-7H2,1-2H3,(H2,23,24,25,26,30). The molecule has 0 radical (unpaired) electrons. The summed E-state index contributed by atoms with van der Waals surface area (Å²) in [5.41, 5.74) is 1.78. The Balaban J connectivity index is 1.51. The lowest BCUT2D eigenvalue weighted by molar-refractivity contribution is -0.134. The van der Waals surface area contributed by atoms with E-state index in [4.69, 9.17) is 26.1 Å². The molecule has 1 fully saturated rings. The number of thiocarbonyl (C=S) groups is 1. The molecule has 1 unspecified atom stereocenters. The molecule has 3 heterocycles. The predicted octanol–water partition coefficient (Wildman–Crippen LogP) is 4.20. The van der Waals surface area contributed by atoms with Crippen LogP contribution in [0.3, 0.4) is 0 Å². The Kier molecular flexibility index (Phi) is 6.51. The quantitative estimate of drug-likeness (QED) is 0.425. The van der Waals surface area contributed by atoms with Crippen LogP contribution in [-0.4, -0.2) is 39.8 Å². The molecule has 1 saturated carbocycles. The molecule has 158 valence electrons. The molecule has 0 aliphatic heterocycles. The minimum atomic E-state index is -0.556. The average molecular weight is 428 g/mol. The number of nitrogens with zero attached hydrogens (tertiary/aromatic N) is 3. The first kappa shape index (κ1) is 20.6. The normalized spacial score (nSPS) is 15.4. The summed E-state index contributed by atoms with van der Waals surface area (Å²) in [4.78, 5) is 13.6. The van der Waals surface area contributed by atoms with E-state index in [1.54, 1.807) is 13.3 Å². The van der Waals surface area contributed by atoms with E-state index >= 15 is 0 Å². The van der Waals surface area contributed by atoms with E-state index in [9.17, 15) is 0 Å². The van der Waals surface area contributed by atoms with E-state index in [-0.39, 0.29) is 0 Å². The van der Waals surface area contributed by atoms with Gasteiger partial charge in [0.05, 0.1) is 6.20 Å². The van der Waals surface area contributed by atoms with Gasteiger partial charge in [0.2, 0.25) is 6.29 Å². The van der Waals surface area contributed by atoms with Crippen LogP contribution in [0.2, 0.25) is 0 Å². The van der Waals surface area contributed by atoms with Crippen molar-refractivity contribution in [1.82, 2.24) is 20.3 Å². The Morgan fingerprint density at radius 1 is 1.23 bits per heavy atom. The molecule has 0 bridgehead atoms.